The number of rotatable bonds is 4. The summed E-state index contributed by atoms with van der Waals surface area (Å²) in [6, 6.07) is 9.17. The minimum atomic E-state index is -0.685. The summed E-state index contributed by atoms with van der Waals surface area (Å²) in [4.78, 5) is 12.1. The summed E-state index contributed by atoms with van der Waals surface area (Å²) in [6.45, 7) is 5.98. The van der Waals surface area contributed by atoms with Gasteiger partial charge in [-0.3, -0.25) is 4.79 Å². The molecular weight excluding hydrogens is 226 g/mol. The molecule has 1 aromatic carbocycles. The van der Waals surface area contributed by atoms with Gasteiger partial charge in [0.2, 0.25) is 0 Å². The van der Waals surface area contributed by atoms with E-state index in [-0.39, 0.29) is 11.2 Å². The molecule has 0 aromatic heterocycles. The molecule has 0 radical (unpaired) electrons. The molecule has 0 aliphatic carbocycles. The third-order valence-corrected chi connectivity index (χ3v) is 2.60. The first-order valence-electron chi connectivity index (χ1n) is 5.93. The van der Waals surface area contributed by atoms with E-state index in [0.29, 0.717) is 6.42 Å². The second-order valence-electron chi connectivity index (χ2n) is 5.54. The van der Waals surface area contributed by atoms with Crippen LogP contribution >= 0.6 is 0 Å². The van der Waals surface area contributed by atoms with Crippen molar-refractivity contribution in [2.45, 2.75) is 33.1 Å². The van der Waals surface area contributed by atoms with Crippen molar-refractivity contribution in [3.8, 4) is 11.8 Å². The smallest absolute Gasteiger partial charge is 0.154 e. The van der Waals surface area contributed by atoms with Crippen LogP contribution in [0.5, 0.6) is 5.75 Å². The monoisotopic (exact) mass is 245 g/mol. The Hall–Kier alpha value is -1.82. The predicted octanol–water partition coefficient (Wildman–Crippen LogP) is 3.31. The van der Waals surface area contributed by atoms with Crippen LogP contribution in [0.3, 0.4) is 0 Å². The Bertz CT molecular complexity index is 449. The average molecular weight is 245 g/mol. The summed E-state index contributed by atoms with van der Waals surface area (Å²) in [5.41, 5.74) is 0.631. The summed E-state index contributed by atoms with van der Waals surface area (Å²) < 4.78 is 5.06. The van der Waals surface area contributed by atoms with Crippen molar-refractivity contribution in [2.24, 2.45) is 5.41 Å². The van der Waals surface area contributed by atoms with Crippen LogP contribution in [-0.4, -0.2) is 12.9 Å². The van der Waals surface area contributed by atoms with E-state index < -0.39 is 5.92 Å². The molecule has 0 heterocycles. The molecule has 3 heteroatoms. The van der Waals surface area contributed by atoms with Crippen molar-refractivity contribution in [1.82, 2.24) is 0 Å². The van der Waals surface area contributed by atoms with Gasteiger partial charge in [-0.2, -0.15) is 5.26 Å². The SMILES string of the molecule is COc1ccc(C(C#N)C(=O)CC(C)(C)C)cc1. The van der Waals surface area contributed by atoms with Gasteiger partial charge in [-0.25, -0.2) is 0 Å². The maximum atomic E-state index is 12.1. The van der Waals surface area contributed by atoms with Crippen LogP contribution in [0.2, 0.25) is 0 Å². The predicted molar refractivity (Wildman–Crippen MR) is 70.4 cm³/mol. The fraction of sp³-hybridized carbons (Fsp3) is 0.467. The van der Waals surface area contributed by atoms with Crippen molar-refractivity contribution >= 4 is 5.78 Å². The topological polar surface area (TPSA) is 50.1 Å². The molecule has 0 fully saturated rings. The Morgan fingerprint density at radius 1 is 1.33 bits per heavy atom. The summed E-state index contributed by atoms with van der Waals surface area (Å²) in [5, 5.41) is 9.17. The number of carbonyl (C=O) groups excluding carboxylic acids is 1. The van der Waals surface area contributed by atoms with Gasteiger partial charge >= 0.3 is 0 Å². The number of benzene rings is 1. The van der Waals surface area contributed by atoms with Crippen LogP contribution in [0.4, 0.5) is 0 Å². The van der Waals surface area contributed by atoms with E-state index in [4.69, 9.17) is 4.74 Å². The zero-order valence-electron chi connectivity index (χ0n) is 11.4. The molecule has 3 nitrogen and oxygen atoms in total. The van der Waals surface area contributed by atoms with Gasteiger partial charge in [0.25, 0.3) is 0 Å². The van der Waals surface area contributed by atoms with E-state index in [1.807, 2.05) is 20.8 Å². The van der Waals surface area contributed by atoms with Crippen molar-refractivity contribution in [3.63, 3.8) is 0 Å². The fourth-order valence-corrected chi connectivity index (χ4v) is 1.75. The molecule has 0 spiro atoms. The lowest BCUT2D eigenvalue weighted by Gasteiger charge is -2.19. The third-order valence-electron chi connectivity index (χ3n) is 2.60. The molecule has 0 aliphatic rings. The van der Waals surface area contributed by atoms with Gasteiger partial charge in [0, 0.05) is 6.42 Å². The van der Waals surface area contributed by atoms with Gasteiger partial charge in [-0.05, 0) is 23.1 Å². The first kappa shape index (κ1) is 14.2. The van der Waals surface area contributed by atoms with Crippen LogP contribution < -0.4 is 4.74 Å². The molecule has 1 unspecified atom stereocenters. The molecule has 1 rings (SSSR count). The number of carbonyl (C=O) groups is 1. The van der Waals surface area contributed by atoms with E-state index in [1.165, 1.54) is 0 Å². The highest BCUT2D eigenvalue weighted by molar-refractivity contribution is 5.88. The van der Waals surface area contributed by atoms with Gasteiger partial charge in [0.05, 0.1) is 13.2 Å². The lowest BCUT2D eigenvalue weighted by Crippen LogP contribution is -2.18. The largest absolute Gasteiger partial charge is 0.497 e. The third kappa shape index (κ3) is 3.89. The molecule has 0 bridgehead atoms. The molecule has 18 heavy (non-hydrogen) atoms. The quantitative estimate of drug-likeness (QED) is 0.817. The van der Waals surface area contributed by atoms with Crippen molar-refractivity contribution in [2.75, 3.05) is 7.11 Å². The summed E-state index contributed by atoms with van der Waals surface area (Å²) in [7, 11) is 1.58. The number of nitriles is 1. The van der Waals surface area contributed by atoms with Gasteiger partial charge in [-0.1, -0.05) is 32.9 Å². The van der Waals surface area contributed by atoms with Crippen molar-refractivity contribution in [1.29, 1.82) is 5.26 Å². The first-order chi connectivity index (χ1) is 8.37. The molecule has 0 aliphatic heterocycles. The first-order valence-corrected chi connectivity index (χ1v) is 5.93. The highest BCUT2D eigenvalue weighted by atomic mass is 16.5. The fourth-order valence-electron chi connectivity index (χ4n) is 1.75. The van der Waals surface area contributed by atoms with Crippen LogP contribution in [-0.2, 0) is 4.79 Å². The number of hydrogen-bond donors (Lipinski definition) is 0. The van der Waals surface area contributed by atoms with Crippen LogP contribution in [0.25, 0.3) is 0 Å². The average Bonchev–Trinajstić information content (AvgIpc) is 2.28. The molecule has 1 aromatic rings. The summed E-state index contributed by atoms with van der Waals surface area (Å²) in [5.74, 6) is 0.00371. The normalized spacial score (nSPS) is 12.6. The van der Waals surface area contributed by atoms with Gasteiger partial charge in [0.1, 0.15) is 11.7 Å². The maximum absolute atomic E-state index is 12.1. The van der Waals surface area contributed by atoms with E-state index in [0.717, 1.165) is 11.3 Å². The Kier molecular flexibility index (Phi) is 4.49. The van der Waals surface area contributed by atoms with E-state index in [2.05, 4.69) is 6.07 Å². The molecular formula is C15H19NO2. The standard InChI is InChI=1S/C15H19NO2/c1-15(2,3)9-14(17)13(10-16)11-5-7-12(18-4)8-6-11/h5-8,13H,9H2,1-4H3. The number of nitrogens with zero attached hydrogens (tertiary/aromatic N) is 1. The van der Waals surface area contributed by atoms with Crippen molar-refractivity contribution in [3.05, 3.63) is 29.8 Å². The zero-order chi connectivity index (χ0) is 13.8. The Balaban J connectivity index is 2.89. The van der Waals surface area contributed by atoms with Crippen LogP contribution in [0.15, 0.2) is 24.3 Å². The highest BCUT2D eigenvalue weighted by Crippen LogP contribution is 2.26. The van der Waals surface area contributed by atoms with E-state index in [9.17, 15) is 10.1 Å². The van der Waals surface area contributed by atoms with Crippen molar-refractivity contribution < 1.29 is 9.53 Å². The lowest BCUT2D eigenvalue weighted by atomic mass is 9.84. The molecule has 0 saturated carbocycles. The maximum Gasteiger partial charge on any atom is 0.154 e. The number of ether oxygens (including phenoxy) is 1. The number of methoxy groups -OCH3 is 1. The minimum absolute atomic E-state index is 0.0323. The van der Waals surface area contributed by atoms with Crippen LogP contribution in [0, 0.1) is 16.7 Å². The van der Waals surface area contributed by atoms with E-state index in [1.54, 1.807) is 31.4 Å². The van der Waals surface area contributed by atoms with Gasteiger partial charge < -0.3 is 4.74 Å². The Morgan fingerprint density at radius 2 is 1.89 bits per heavy atom. The Labute approximate surface area is 108 Å². The number of Topliss-reactive ketones (excluding diaryl/α,β-unsaturated/α-hetero) is 1. The second-order valence-corrected chi connectivity index (χ2v) is 5.54. The summed E-state index contributed by atoms with van der Waals surface area (Å²) >= 11 is 0. The van der Waals surface area contributed by atoms with Gasteiger partial charge in [-0.15, -0.1) is 0 Å². The lowest BCUT2D eigenvalue weighted by molar-refractivity contribution is -0.121. The number of ketones is 1. The molecule has 0 amide bonds. The van der Waals surface area contributed by atoms with E-state index >= 15 is 0 Å². The molecule has 0 saturated heterocycles. The highest BCUT2D eigenvalue weighted by Gasteiger charge is 2.25. The van der Waals surface area contributed by atoms with Crippen LogP contribution in [0.1, 0.15) is 38.7 Å². The molecule has 96 valence electrons. The Morgan fingerprint density at radius 3 is 2.28 bits per heavy atom. The summed E-state index contributed by atoms with van der Waals surface area (Å²) in [6.07, 6.45) is 0.400. The second kappa shape index (κ2) is 5.68. The molecule has 1 atom stereocenters. The number of hydrogen-bond acceptors (Lipinski definition) is 3. The zero-order valence-corrected chi connectivity index (χ0v) is 11.4. The molecule has 0 N–H and O–H groups in total. The van der Waals surface area contributed by atoms with Gasteiger partial charge in [0.15, 0.2) is 5.78 Å². The minimum Gasteiger partial charge on any atom is -0.497 e.